The van der Waals surface area contributed by atoms with Crippen molar-refractivity contribution in [3.63, 3.8) is 0 Å². The molecular weight excluding hydrogens is 322 g/mol. The van der Waals surface area contributed by atoms with Crippen molar-refractivity contribution in [2.24, 2.45) is 0 Å². The molecule has 0 bridgehead atoms. The minimum absolute atomic E-state index is 0.0722. The lowest BCUT2D eigenvalue weighted by Gasteiger charge is -2.06. The van der Waals surface area contributed by atoms with Gasteiger partial charge in [0.2, 0.25) is 0 Å². The van der Waals surface area contributed by atoms with E-state index in [0.29, 0.717) is 21.4 Å². The quantitative estimate of drug-likeness (QED) is 0.790. The topological polar surface area (TPSA) is 37.3 Å². The third kappa shape index (κ3) is 3.66. The van der Waals surface area contributed by atoms with Gasteiger partial charge in [-0.05, 0) is 35.9 Å². The number of aromatic carboxylic acids is 1. The first-order chi connectivity index (χ1) is 9.47. The number of carboxylic acids is 1. The summed E-state index contributed by atoms with van der Waals surface area (Å²) >= 11 is 13.2. The first-order valence-corrected chi connectivity index (χ1v) is 7.31. The number of thioether (sulfide) groups is 1. The Kier molecular flexibility index (Phi) is 4.91. The van der Waals surface area contributed by atoms with Gasteiger partial charge < -0.3 is 5.11 Å². The van der Waals surface area contributed by atoms with Crippen LogP contribution < -0.4 is 0 Å². The van der Waals surface area contributed by atoms with Gasteiger partial charge in [-0.15, -0.1) is 11.8 Å². The second-order valence-electron chi connectivity index (χ2n) is 3.97. The molecule has 104 valence electrons. The molecule has 0 aliphatic carbocycles. The van der Waals surface area contributed by atoms with Crippen LogP contribution in [0.4, 0.5) is 4.39 Å². The average molecular weight is 331 g/mol. The molecule has 0 amide bonds. The Morgan fingerprint density at radius 2 is 1.95 bits per heavy atom. The highest BCUT2D eigenvalue weighted by atomic mass is 35.5. The number of rotatable bonds is 4. The molecule has 0 fully saturated rings. The summed E-state index contributed by atoms with van der Waals surface area (Å²) in [5.41, 5.74) is 0.341. The van der Waals surface area contributed by atoms with Crippen LogP contribution in [0.15, 0.2) is 41.3 Å². The highest BCUT2D eigenvalue weighted by Crippen LogP contribution is 2.32. The molecule has 0 spiro atoms. The van der Waals surface area contributed by atoms with E-state index < -0.39 is 11.8 Å². The lowest BCUT2D eigenvalue weighted by Crippen LogP contribution is -1.98. The fraction of sp³-hybridized carbons (Fsp3) is 0.0714. The van der Waals surface area contributed by atoms with Crippen molar-refractivity contribution in [2.75, 3.05) is 0 Å². The standard InChI is InChI=1S/C14H9Cl2FO2S/c15-10-3-4-11(16)13(6-10)20-7-9-2-1-8(14(18)19)5-12(9)17/h1-6H,7H2,(H,18,19). The Bertz CT molecular complexity index is 662. The zero-order valence-electron chi connectivity index (χ0n) is 10.1. The van der Waals surface area contributed by atoms with Gasteiger partial charge in [0.05, 0.1) is 10.6 Å². The fourth-order valence-corrected chi connectivity index (χ4v) is 3.02. The molecule has 0 aromatic heterocycles. The van der Waals surface area contributed by atoms with E-state index in [4.69, 9.17) is 28.3 Å². The number of carbonyl (C=O) groups is 1. The monoisotopic (exact) mass is 330 g/mol. The highest BCUT2D eigenvalue weighted by molar-refractivity contribution is 7.98. The Labute approximate surface area is 129 Å². The summed E-state index contributed by atoms with van der Waals surface area (Å²) in [6.07, 6.45) is 0. The third-order valence-electron chi connectivity index (χ3n) is 2.58. The summed E-state index contributed by atoms with van der Waals surface area (Å²) in [7, 11) is 0. The maximum atomic E-state index is 13.8. The van der Waals surface area contributed by atoms with Crippen molar-refractivity contribution in [1.82, 2.24) is 0 Å². The summed E-state index contributed by atoms with van der Waals surface area (Å²) < 4.78 is 13.8. The number of carboxylic acid groups (broad SMARTS) is 1. The second-order valence-corrected chi connectivity index (χ2v) is 5.84. The summed E-state index contributed by atoms with van der Waals surface area (Å²) in [5.74, 6) is -1.36. The Balaban J connectivity index is 2.15. The van der Waals surface area contributed by atoms with Crippen LogP contribution in [0.1, 0.15) is 15.9 Å². The summed E-state index contributed by atoms with van der Waals surface area (Å²) in [4.78, 5) is 11.5. The molecule has 1 N–H and O–H groups in total. The van der Waals surface area contributed by atoms with Crippen molar-refractivity contribution >= 4 is 40.9 Å². The first-order valence-electron chi connectivity index (χ1n) is 5.57. The number of hydrogen-bond donors (Lipinski definition) is 1. The molecule has 0 radical (unpaired) electrons. The van der Waals surface area contributed by atoms with Gasteiger partial charge in [0, 0.05) is 15.7 Å². The molecule has 0 unspecified atom stereocenters. The lowest BCUT2D eigenvalue weighted by molar-refractivity contribution is 0.0696. The molecule has 0 aliphatic rings. The Morgan fingerprint density at radius 3 is 2.60 bits per heavy atom. The minimum atomic E-state index is -1.15. The third-order valence-corrected chi connectivity index (χ3v) is 4.36. The summed E-state index contributed by atoms with van der Waals surface area (Å²) in [6, 6.07) is 8.91. The van der Waals surface area contributed by atoms with Crippen molar-refractivity contribution in [3.8, 4) is 0 Å². The van der Waals surface area contributed by atoms with Crippen LogP contribution in [0, 0.1) is 5.82 Å². The van der Waals surface area contributed by atoms with E-state index in [1.54, 1.807) is 18.2 Å². The highest BCUT2D eigenvalue weighted by Gasteiger charge is 2.10. The lowest BCUT2D eigenvalue weighted by atomic mass is 10.1. The Morgan fingerprint density at radius 1 is 1.20 bits per heavy atom. The van der Waals surface area contributed by atoms with Gasteiger partial charge >= 0.3 is 5.97 Å². The molecule has 0 atom stereocenters. The molecule has 20 heavy (non-hydrogen) atoms. The van der Waals surface area contributed by atoms with Gasteiger partial charge in [0.25, 0.3) is 0 Å². The van der Waals surface area contributed by atoms with Crippen LogP contribution in [-0.4, -0.2) is 11.1 Å². The molecule has 0 aliphatic heterocycles. The van der Waals surface area contributed by atoms with Crippen molar-refractivity contribution in [2.45, 2.75) is 10.6 Å². The zero-order valence-corrected chi connectivity index (χ0v) is 12.4. The summed E-state index contributed by atoms with van der Waals surface area (Å²) in [6.45, 7) is 0. The van der Waals surface area contributed by atoms with E-state index in [0.717, 1.165) is 11.0 Å². The minimum Gasteiger partial charge on any atom is -0.478 e. The molecule has 2 aromatic rings. The fourth-order valence-electron chi connectivity index (χ4n) is 1.54. The van der Waals surface area contributed by atoms with E-state index in [1.165, 1.54) is 23.9 Å². The SMILES string of the molecule is O=C(O)c1ccc(CSc2cc(Cl)ccc2Cl)c(F)c1. The molecule has 0 saturated heterocycles. The van der Waals surface area contributed by atoms with Crippen molar-refractivity contribution in [1.29, 1.82) is 0 Å². The van der Waals surface area contributed by atoms with Crippen molar-refractivity contribution < 1.29 is 14.3 Å². The van der Waals surface area contributed by atoms with Crippen LogP contribution in [0.5, 0.6) is 0 Å². The first kappa shape index (κ1) is 15.2. The number of benzene rings is 2. The second kappa shape index (κ2) is 6.48. The van der Waals surface area contributed by atoms with Gasteiger partial charge in [-0.25, -0.2) is 9.18 Å². The molecule has 2 nitrogen and oxygen atoms in total. The maximum absolute atomic E-state index is 13.8. The smallest absolute Gasteiger partial charge is 0.335 e. The molecule has 2 rings (SSSR count). The average Bonchev–Trinajstić information content (AvgIpc) is 2.40. The van der Waals surface area contributed by atoms with Gasteiger partial charge in [0.15, 0.2) is 0 Å². The Hall–Kier alpha value is -1.23. The molecular formula is C14H9Cl2FO2S. The van der Waals surface area contributed by atoms with Gasteiger partial charge in [0.1, 0.15) is 5.82 Å². The molecule has 6 heteroatoms. The largest absolute Gasteiger partial charge is 0.478 e. The van der Waals surface area contributed by atoms with E-state index >= 15 is 0 Å². The van der Waals surface area contributed by atoms with E-state index in [1.807, 2.05) is 0 Å². The number of hydrogen-bond acceptors (Lipinski definition) is 2. The molecule has 0 heterocycles. The van der Waals surface area contributed by atoms with Gasteiger partial charge in [-0.2, -0.15) is 0 Å². The van der Waals surface area contributed by atoms with Gasteiger partial charge in [-0.1, -0.05) is 29.3 Å². The molecule has 2 aromatic carbocycles. The predicted octanol–water partition coefficient (Wildman–Crippen LogP) is 5.12. The van der Waals surface area contributed by atoms with Crippen LogP contribution in [0.3, 0.4) is 0 Å². The predicted molar refractivity (Wildman–Crippen MR) is 79.4 cm³/mol. The van der Waals surface area contributed by atoms with E-state index in [2.05, 4.69) is 0 Å². The van der Waals surface area contributed by atoms with Crippen LogP contribution in [0.2, 0.25) is 10.0 Å². The summed E-state index contributed by atoms with van der Waals surface area (Å²) in [5, 5.41) is 9.87. The maximum Gasteiger partial charge on any atom is 0.335 e. The van der Waals surface area contributed by atoms with Gasteiger partial charge in [-0.3, -0.25) is 0 Å². The normalized spacial score (nSPS) is 10.6. The zero-order chi connectivity index (χ0) is 14.7. The number of halogens is 3. The molecule has 0 saturated carbocycles. The van der Waals surface area contributed by atoms with Crippen LogP contribution >= 0.6 is 35.0 Å². The van der Waals surface area contributed by atoms with Crippen LogP contribution in [0.25, 0.3) is 0 Å². The van der Waals surface area contributed by atoms with E-state index in [9.17, 15) is 9.18 Å². The van der Waals surface area contributed by atoms with Crippen molar-refractivity contribution in [3.05, 3.63) is 63.4 Å². The van der Waals surface area contributed by atoms with Crippen LogP contribution in [-0.2, 0) is 5.75 Å². The van der Waals surface area contributed by atoms with E-state index in [-0.39, 0.29) is 5.56 Å².